The van der Waals surface area contributed by atoms with Gasteiger partial charge in [-0.15, -0.1) is 0 Å². The third-order valence-corrected chi connectivity index (χ3v) is 6.69. The molecule has 1 amide bonds. The number of hydrogen-bond acceptors (Lipinski definition) is 3. The number of carbonyl (C=O) groups excluding carboxylic acids is 1. The Bertz CT molecular complexity index is 812. The van der Waals surface area contributed by atoms with Gasteiger partial charge >= 0.3 is 0 Å². The van der Waals surface area contributed by atoms with E-state index in [4.69, 9.17) is 0 Å². The molecule has 1 aliphatic heterocycles. The Kier molecular flexibility index (Phi) is 8.26. The molecule has 1 aliphatic rings. The molecule has 31 heavy (non-hydrogen) atoms. The van der Waals surface area contributed by atoms with Gasteiger partial charge in [-0.05, 0) is 49.9 Å². The smallest absolute Gasteiger partial charge is 0.225 e. The van der Waals surface area contributed by atoms with Crippen LogP contribution in [0.2, 0.25) is 0 Å². The first-order valence-electron chi connectivity index (χ1n) is 11.6. The zero-order valence-corrected chi connectivity index (χ0v) is 19.0. The van der Waals surface area contributed by atoms with Crippen molar-refractivity contribution in [3.05, 3.63) is 71.8 Å². The van der Waals surface area contributed by atoms with E-state index in [1.54, 1.807) is 0 Å². The third-order valence-electron chi connectivity index (χ3n) is 6.69. The maximum absolute atomic E-state index is 12.7. The van der Waals surface area contributed by atoms with Crippen molar-refractivity contribution in [1.29, 1.82) is 5.26 Å². The summed E-state index contributed by atoms with van der Waals surface area (Å²) in [7, 11) is 1.94. The Morgan fingerprint density at radius 2 is 1.61 bits per heavy atom. The highest BCUT2D eigenvalue weighted by atomic mass is 16.2. The molecule has 4 heteroatoms. The van der Waals surface area contributed by atoms with E-state index in [-0.39, 0.29) is 5.92 Å². The van der Waals surface area contributed by atoms with Gasteiger partial charge in [0.15, 0.2) is 0 Å². The number of likely N-dealkylation sites (tertiary alicyclic amines) is 1. The van der Waals surface area contributed by atoms with Crippen molar-refractivity contribution in [3.8, 4) is 6.07 Å². The molecular weight excluding hydrogens is 382 g/mol. The quantitative estimate of drug-likeness (QED) is 0.585. The molecule has 164 valence electrons. The molecule has 0 aromatic heterocycles. The molecule has 1 fully saturated rings. The maximum Gasteiger partial charge on any atom is 0.225 e. The highest BCUT2D eigenvalue weighted by molar-refractivity contribution is 5.78. The van der Waals surface area contributed by atoms with E-state index in [0.29, 0.717) is 5.91 Å². The lowest BCUT2D eigenvalue weighted by molar-refractivity contribution is -0.135. The molecule has 3 rings (SSSR count). The van der Waals surface area contributed by atoms with E-state index in [2.05, 4.69) is 42.2 Å². The van der Waals surface area contributed by atoms with Gasteiger partial charge in [-0.2, -0.15) is 5.26 Å². The van der Waals surface area contributed by atoms with Gasteiger partial charge in [0.05, 0.1) is 6.07 Å². The Labute approximate surface area is 187 Å². The fraction of sp³-hybridized carbons (Fsp3) is 0.481. The normalized spacial score (nSPS) is 15.4. The minimum atomic E-state index is -0.657. The first-order valence-corrected chi connectivity index (χ1v) is 11.6. The number of carbonyl (C=O) groups is 1. The average Bonchev–Trinajstić information content (AvgIpc) is 2.84. The molecule has 1 heterocycles. The Balaban J connectivity index is 1.65. The highest BCUT2D eigenvalue weighted by Crippen LogP contribution is 2.35. The van der Waals surface area contributed by atoms with Crippen LogP contribution >= 0.6 is 0 Å². The van der Waals surface area contributed by atoms with Gasteiger partial charge in [0.25, 0.3) is 0 Å². The summed E-state index contributed by atoms with van der Waals surface area (Å²) in [6.07, 6.45) is 4.74. The summed E-state index contributed by atoms with van der Waals surface area (Å²) in [6, 6.07) is 22.9. The second-order valence-corrected chi connectivity index (χ2v) is 8.73. The number of benzene rings is 2. The van der Waals surface area contributed by atoms with Crippen LogP contribution in [0, 0.1) is 17.2 Å². The number of rotatable bonds is 9. The summed E-state index contributed by atoms with van der Waals surface area (Å²) >= 11 is 0. The standard InChI is InChI=1S/C27H35N3O/c1-3-4-18-29(2)26(31)23-15-19-30(20-16-23)21-17-27(22-28,24-11-7-5-8-12-24)25-13-9-6-10-14-25/h5-14,23H,3-4,15-21H2,1-2H3. The van der Waals surface area contributed by atoms with Crippen LogP contribution in [0.25, 0.3) is 0 Å². The van der Waals surface area contributed by atoms with Crippen molar-refractivity contribution < 1.29 is 4.79 Å². The summed E-state index contributed by atoms with van der Waals surface area (Å²) < 4.78 is 0. The molecule has 4 nitrogen and oxygen atoms in total. The van der Waals surface area contributed by atoms with Crippen molar-refractivity contribution in [2.75, 3.05) is 33.2 Å². The number of nitriles is 1. The molecule has 0 N–H and O–H groups in total. The van der Waals surface area contributed by atoms with Crippen molar-refractivity contribution in [2.24, 2.45) is 5.92 Å². The summed E-state index contributed by atoms with van der Waals surface area (Å²) in [5.41, 5.74) is 1.44. The summed E-state index contributed by atoms with van der Waals surface area (Å²) in [4.78, 5) is 17.0. The van der Waals surface area contributed by atoms with E-state index in [0.717, 1.165) is 69.4 Å². The summed E-state index contributed by atoms with van der Waals surface area (Å²) in [5.74, 6) is 0.440. The van der Waals surface area contributed by atoms with Crippen molar-refractivity contribution in [2.45, 2.75) is 44.4 Å². The molecule has 0 saturated carbocycles. The predicted octanol–water partition coefficient (Wildman–Crippen LogP) is 4.86. The first-order chi connectivity index (χ1) is 15.1. The van der Waals surface area contributed by atoms with E-state index in [9.17, 15) is 10.1 Å². The Morgan fingerprint density at radius 1 is 1.06 bits per heavy atom. The van der Waals surface area contributed by atoms with Gasteiger partial charge in [-0.25, -0.2) is 0 Å². The van der Waals surface area contributed by atoms with Gasteiger partial charge in [-0.3, -0.25) is 4.79 Å². The number of piperidine rings is 1. The van der Waals surface area contributed by atoms with E-state index >= 15 is 0 Å². The van der Waals surface area contributed by atoms with Crippen molar-refractivity contribution in [1.82, 2.24) is 9.80 Å². The number of nitrogens with zero attached hydrogens (tertiary/aromatic N) is 3. The fourth-order valence-electron chi connectivity index (χ4n) is 4.63. The largest absolute Gasteiger partial charge is 0.346 e. The minimum absolute atomic E-state index is 0.141. The molecular formula is C27H35N3O. The van der Waals surface area contributed by atoms with Crippen LogP contribution in [-0.4, -0.2) is 48.9 Å². The maximum atomic E-state index is 12.7. The molecule has 2 aromatic rings. The van der Waals surface area contributed by atoms with Crippen LogP contribution in [0.1, 0.15) is 50.2 Å². The lowest BCUT2D eigenvalue weighted by Crippen LogP contribution is -2.43. The molecule has 0 spiro atoms. The highest BCUT2D eigenvalue weighted by Gasteiger charge is 2.35. The van der Waals surface area contributed by atoms with Gasteiger partial charge in [0, 0.05) is 26.1 Å². The molecule has 0 atom stereocenters. The molecule has 2 aromatic carbocycles. The van der Waals surface area contributed by atoms with Crippen LogP contribution in [-0.2, 0) is 10.2 Å². The second-order valence-electron chi connectivity index (χ2n) is 8.73. The molecule has 1 saturated heterocycles. The van der Waals surface area contributed by atoms with Crippen molar-refractivity contribution in [3.63, 3.8) is 0 Å². The predicted molar refractivity (Wildman–Crippen MR) is 126 cm³/mol. The van der Waals surface area contributed by atoms with E-state index in [1.165, 1.54) is 0 Å². The molecule has 0 bridgehead atoms. The Morgan fingerprint density at radius 3 is 2.10 bits per heavy atom. The topological polar surface area (TPSA) is 47.3 Å². The third kappa shape index (κ3) is 5.54. The zero-order valence-electron chi connectivity index (χ0n) is 19.0. The minimum Gasteiger partial charge on any atom is -0.346 e. The van der Waals surface area contributed by atoms with E-state index in [1.807, 2.05) is 48.3 Å². The summed E-state index contributed by atoms with van der Waals surface area (Å²) in [6.45, 7) is 5.70. The van der Waals surface area contributed by atoms with Crippen molar-refractivity contribution >= 4 is 5.91 Å². The molecule has 0 radical (unpaired) electrons. The Hall–Kier alpha value is -2.64. The number of amides is 1. The zero-order chi connectivity index (χ0) is 22.1. The van der Waals surface area contributed by atoms with Crippen LogP contribution in [0.15, 0.2) is 60.7 Å². The molecule has 0 unspecified atom stereocenters. The lowest BCUT2D eigenvalue weighted by Gasteiger charge is -2.35. The van der Waals surface area contributed by atoms with Crippen LogP contribution in [0.4, 0.5) is 0 Å². The fourth-order valence-corrected chi connectivity index (χ4v) is 4.63. The SMILES string of the molecule is CCCCN(C)C(=O)C1CCN(CCC(C#N)(c2ccccc2)c2ccccc2)CC1. The lowest BCUT2D eigenvalue weighted by atomic mass is 9.73. The van der Waals surface area contributed by atoms with Gasteiger partial charge in [-0.1, -0.05) is 74.0 Å². The van der Waals surface area contributed by atoms with Gasteiger partial charge < -0.3 is 9.80 Å². The van der Waals surface area contributed by atoms with E-state index < -0.39 is 5.41 Å². The average molecular weight is 418 g/mol. The monoisotopic (exact) mass is 417 g/mol. The molecule has 0 aliphatic carbocycles. The van der Waals surface area contributed by atoms with Crippen LogP contribution in [0.5, 0.6) is 0 Å². The summed E-state index contributed by atoms with van der Waals surface area (Å²) in [5, 5.41) is 10.3. The first kappa shape index (κ1) is 23.0. The number of unbranched alkanes of at least 4 members (excludes halogenated alkanes) is 1. The number of hydrogen-bond donors (Lipinski definition) is 0. The van der Waals surface area contributed by atoms with Gasteiger partial charge in [0.2, 0.25) is 5.91 Å². The van der Waals surface area contributed by atoms with Crippen LogP contribution < -0.4 is 0 Å². The van der Waals surface area contributed by atoms with Gasteiger partial charge in [0.1, 0.15) is 5.41 Å². The second kappa shape index (κ2) is 11.1. The van der Waals surface area contributed by atoms with Crippen LogP contribution in [0.3, 0.4) is 0 Å².